The fourth-order valence-electron chi connectivity index (χ4n) is 3.68. The Labute approximate surface area is 225 Å². The summed E-state index contributed by atoms with van der Waals surface area (Å²) in [7, 11) is 0. The van der Waals surface area contributed by atoms with Gasteiger partial charge in [0.1, 0.15) is 24.3 Å². The van der Waals surface area contributed by atoms with Crippen LogP contribution in [0.1, 0.15) is 26.3 Å². The average molecular weight is 610 g/mol. The second kappa shape index (κ2) is 11.2. The molecule has 4 rings (SSSR count). The summed E-state index contributed by atoms with van der Waals surface area (Å²) in [5.41, 5.74) is 4.58. The minimum Gasteiger partial charge on any atom is -0.489 e. The number of nitrogens with two attached hydrogens (primary N) is 1. The number of primary amides is 1. The molecule has 3 N–H and O–H groups in total. The topological polar surface area (TPSA) is 107 Å². The van der Waals surface area contributed by atoms with Crippen molar-refractivity contribution >= 4 is 27.7 Å². The van der Waals surface area contributed by atoms with Gasteiger partial charge in [-0.1, -0.05) is 28.1 Å². The molecule has 0 aliphatic heterocycles. The summed E-state index contributed by atoms with van der Waals surface area (Å²) in [5.74, 6) is -4.55. The molecule has 0 unspecified atom stereocenters. The van der Waals surface area contributed by atoms with Gasteiger partial charge in [0.25, 0.3) is 11.8 Å². The Hall–Kier alpha value is -4.26. The van der Waals surface area contributed by atoms with Crippen LogP contribution in [0.3, 0.4) is 0 Å². The Kier molecular flexibility index (Phi) is 8.00. The Balaban J connectivity index is 1.53. The minimum absolute atomic E-state index is 0.103. The molecule has 1 heterocycles. The van der Waals surface area contributed by atoms with Crippen LogP contribution in [0.5, 0.6) is 5.75 Å². The lowest BCUT2D eigenvalue weighted by Crippen LogP contribution is -2.28. The molecule has 0 fully saturated rings. The number of carbonyl (C=O) groups is 2. The number of nitrogens with one attached hydrogen (secondary N) is 1. The molecule has 1 aromatic heterocycles. The zero-order valence-electron chi connectivity index (χ0n) is 19.6. The average Bonchev–Trinajstić information content (AvgIpc) is 3.41. The van der Waals surface area contributed by atoms with E-state index in [0.717, 1.165) is 24.3 Å². The SMILES string of the molecule is NC(=O)c1c(F)ccc(OCCNC(=O)c2cc(Br)c(-c3ccc(C(F)(F)F)cc3)c(-c3ncco3)c2)c1F. The van der Waals surface area contributed by atoms with Crippen molar-refractivity contribution in [2.75, 3.05) is 13.2 Å². The van der Waals surface area contributed by atoms with E-state index in [-0.39, 0.29) is 24.6 Å². The van der Waals surface area contributed by atoms with Gasteiger partial charge in [-0.25, -0.2) is 13.8 Å². The maximum atomic E-state index is 14.3. The molecule has 0 atom stereocenters. The summed E-state index contributed by atoms with van der Waals surface area (Å²) in [5, 5.41) is 2.57. The maximum absolute atomic E-state index is 14.3. The van der Waals surface area contributed by atoms with Gasteiger partial charge >= 0.3 is 6.18 Å². The molecule has 0 saturated heterocycles. The zero-order valence-corrected chi connectivity index (χ0v) is 21.2. The van der Waals surface area contributed by atoms with Crippen molar-refractivity contribution in [3.8, 4) is 28.3 Å². The molecule has 7 nitrogen and oxygen atoms in total. The molecule has 0 bridgehead atoms. The van der Waals surface area contributed by atoms with Crippen molar-refractivity contribution in [1.82, 2.24) is 10.3 Å². The van der Waals surface area contributed by atoms with Gasteiger partial charge < -0.3 is 20.2 Å². The minimum atomic E-state index is -4.50. The Morgan fingerprint density at radius 3 is 2.41 bits per heavy atom. The molecular formula is C26H17BrF5N3O4. The first-order valence-electron chi connectivity index (χ1n) is 11.1. The number of amides is 2. The molecule has 0 radical (unpaired) electrons. The third-order valence-electron chi connectivity index (χ3n) is 5.46. The molecular weight excluding hydrogens is 593 g/mol. The summed E-state index contributed by atoms with van der Waals surface area (Å²) < 4.78 is 77.9. The van der Waals surface area contributed by atoms with Gasteiger partial charge in [-0.3, -0.25) is 9.59 Å². The highest BCUT2D eigenvalue weighted by Crippen LogP contribution is 2.39. The summed E-state index contributed by atoms with van der Waals surface area (Å²) in [6.45, 7) is -0.335. The lowest BCUT2D eigenvalue weighted by atomic mass is 9.96. The van der Waals surface area contributed by atoms with Crippen LogP contribution in [-0.4, -0.2) is 29.9 Å². The molecule has 39 heavy (non-hydrogen) atoms. The van der Waals surface area contributed by atoms with Crippen LogP contribution in [0.25, 0.3) is 22.6 Å². The van der Waals surface area contributed by atoms with Crippen LogP contribution < -0.4 is 15.8 Å². The largest absolute Gasteiger partial charge is 0.489 e. The number of carbonyl (C=O) groups excluding carboxylic acids is 2. The van der Waals surface area contributed by atoms with E-state index in [9.17, 15) is 31.5 Å². The van der Waals surface area contributed by atoms with Crippen LogP contribution in [-0.2, 0) is 6.18 Å². The number of halogens is 6. The molecule has 0 aliphatic rings. The van der Waals surface area contributed by atoms with Crippen LogP contribution in [0.15, 0.2) is 69.9 Å². The fraction of sp³-hybridized carbons (Fsp3) is 0.115. The van der Waals surface area contributed by atoms with Gasteiger partial charge in [-0.15, -0.1) is 0 Å². The molecule has 0 spiro atoms. The number of benzene rings is 3. The predicted molar refractivity (Wildman–Crippen MR) is 133 cm³/mol. The third kappa shape index (κ3) is 6.08. The van der Waals surface area contributed by atoms with E-state index in [0.29, 0.717) is 21.2 Å². The van der Waals surface area contributed by atoms with Crippen LogP contribution in [0, 0.1) is 11.6 Å². The lowest BCUT2D eigenvalue weighted by Gasteiger charge is -2.14. The predicted octanol–water partition coefficient (Wildman–Crippen LogP) is 5.98. The normalized spacial score (nSPS) is 11.3. The number of hydrogen-bond donors (Lipinski definition) is 2. The van der Waals surface area contributed by atoms with E-state index in [2.05, 4.69) is 26.2 Å². The van der Waals surface area contributed by atoms with Gasteiger partial charge in [0.15, 0.2) is 11.6 Å². The van der Waals surface area contributed by atoms with Crippen LogP contribution in [0.2, 0.25) is 0 Å². The van der Waals surface area contributed by atoms with Crippen LogP contribution in [0.4, 0.5) is 22.0 Å². The maximum Gasteiger partial charge on any atom is 0.416 e. The van der Waals surface area contributed by atoms with Crippen molar-refractivity contribution < 1.29 is 40.7 Å². The van der Waals surface area contributed by atoms with Gasteiger partial charge in [0.05, 0.1) is 18.3 Å². The van der Waals surface area contributed by atoms with E-state index in [4.69, 9.17) is 14.9 Å². The second-order valence-corrected chi connectivity index (χ2v) is 8.85. The number of oxazole rings is 1. The highest BCUT2D eigenvalue weighted by Gasteiger charge is 2.30. The third-order valence-corrected chi connectivity index (χ3v) is 6.09. The number of aromatic nitrogens is 1. The van der Waals surface area contributed by atoms with E-state index in [1.165, 1.54) is 36.7 Å². The van der Waals surface area contributed by atoms with Crippen LogP contribution >= 0.6 is 15.9 Å². The zero-order chi connectivity index (χ0) is 28.3. The molecule has 0 aliphatic carbocycles. The summed E-state index contributed by atoms with van der Waals surface area (Å²) in [6.07, 6.45) is -1.82. The molecule has 13 heteroatoms. The number of nitrogens with zero attached hydrogens (tertiary/aromatic N) is 1. The van der Waals surface area contributed by atoms with E-state index in [1.54, 1.807) is 0 Å². The monoisotopic (exact) mass is 609 g/mol. The molecule has 4 aromatic rings. The number of rotatable bonds is 8. The van der Waals surface area contributed by atoms with Crippen molar-refractivity contribution in [3.05, 3.63) is 93.8 Å². The van der Waals surface area contributed by atoms with Crippen molar-refractivity contribution in [1.29, 1.82) is 0 Å². The summed E-state index contributed by atoms with van der Waals surface area (Å²) in [4.78, 5) is 28.2. The van der Waals surface area contributed by atoms with Gasteiger partial charge in [-0.05, 0) is 42.0 Å². The Morgan fingerprint density at radius 2 is 1.79 bits per heavy atom. The summed E-state index contributed by atoms with van der Waals surface area (Å²) >= 11 is 3.38. The molecule has 2 amide bonds. The quantitative estimate of drug-likeness (QED) is 0.189. The van der Waals surface area contributed by atoms with E-state index >= 15 is 0 Å². The molecule has 202 valence electrons. The van der Waals surface area contributed by atoms with Crippen molar-refractivity contribution in [2.24, 2.45) is 5.73 Å². The number of hydrogen-bond acceptors (Lipinski definition) is 5. The smallest absolute Gasteiger partial charge is 0.416 e. The Morgan fingerprint density at radius 1 is 1.08 bits per heavy atom. The number of alkyl halides is 3. The first-order valence-corrected chi connectivity index (χ1v) is 11.9. The standard InChI is InChI=1S/C26H17BrF5N3O4/c27-17-12-14(24(37)34-7-9-38-19-6-5-18(28)21(22(19)29)23(33)36)11-16(25-35-8-10-39-25)20(17)13-1-3-15(4-2-13)26(30,31)32/h1-6,8,10-12H,7,9H2,(H2,33,36)(H,34,37). The van der Waals surface area contributed by atoms with Gasteiger partial charge in [0, 0.05) is 21.2 Å². The lowest BCUT2D eigenvalue weighted by molar-refractivity contribution is -0.137. The van der Waals surface area contributed by atoms with Crippen molar-refractivity contribution in [2.45, 2.75) is 6.18 Å². The molecule has 0 saturated carbocycles. The molecule has 3 aromatic carbocycles. The highest BCUT2D eigenvalue weighted by molar-refractivity contribution is 9.10. The highest BCUT2D eigenvalue weighted by atomic mass is 79.9. The Bertz CT molecular complexity index is 1520. The number of ether oxygens (including phenoxy) is 1. The first-order chi connectivity index (χ1) is 18.5. The second-order valence-electron chi connectivity index (χ2n) is 8.00. The van der Waals surface area contributed by atoms with Gasteiger partial charge in [-0.2, -0.15) is 13.2 Å². The van der Waals surface area contributed by atoms with Crippen molar-refractivity contribution in [3.63, 3.8) is 0 Å². The van der Waals surface area contributed by atoms with E-state index in [1.807, 2.05) is 0 Å². The van der Waals surface area contributed by atoms with E-state index < -0.39 is 46.5 Å². The summed E-state index contributed by atoms with van der Waals surface area (Å²) in [6, 6.07) is 9.22. The fourth-order valence-corrected chi connectivity index (χ4v) is 4.37. The first kappa shape index (κ1) is 27.8. The van der Waals surface area contributed by atoms with Gasteiger partial charge in [0.2, 0.25) is 5.89 Å².